The lowest BCUT2D eigenvalue weighted by Crippen LogP contribution is -2.10. The molecule has 7 rings (SSSR count). The number of hydrogen-bond donors (Lipinski definition) is 1. The van der Waals surface area contributed by atoms with Gasteiger partial charge in [0.05, 0.1) is 11.4 Å². The summed E-state index contributed by atoms with van der Waals surface area (Å²) >= 11 is 0. The Bertz CT molecular complexity index is 2040. The lowest BCUT2D eigenvalue weighted by Gasteiger charge is -2.04. The van der Waals surface area contributed by atoms with E-state index in [4.69, 9.17) is 4.98 Å². The van der Waals surface area contributed by atoms with E-state index in [2.05, 4.69) is 125 Å². The number of fused-ring (bicyclic) bond motifs is 3. The fraction of sp³-hybridized carbons (Fsp3) is 0. The number of benzene rings is 4. The van der Waals surface area contributed by atoms with Crippen molar-refractivity contribution in [2.24, 2.45) is 0 Å². The Balaban J connectivity index is 1.37. The van der Waals surface area contributed by atoms with Crippen molar-refractivity contribution in [1.29, 1.82) is 0 Å². The van der Waals surface area contributed by atoms with Crippen LogP contribution in [0.4, 0.5) is 0 Å². The zero-order valence-electron chi connectivity index (χ0n) is 20.1. The highest BCUT2D eigenvalue weighted by molar-refractivity contribution is 5.91. The van der Waals surface area contributed by atoms with Gasteiger partial charge in [0.2, 0.25) is 0 Å². The van der Waals surface area contributed by atoms with Crippen molar-refractivity contribution in [3.63, 3.8) is 0 Å². The summed E-state index contributed by atoms with van der Waals surface area (Å²) in [5, 5.41) is 9.16. The molecule has 0 aliphatic carbocycles. The maximum absolute atomic E-state index is 4.72. The van der Waals surface area contributed by atoms with E-state index >= 15 is 0 Å². The molecule has 0 atom stereocenters. The first-order chi connectivity index (χ1) is 18.3. The van der Waals surface area contributed by atoms with Crippen LogP contribution in [0.15, 0.2) is 122 Å². The molecule has 0 amide bonds. The summed E-state index contributed by atoms with van der Waals surface area (Å²) in [5.74, 6) is 0. The van der Waals surface area contributed by atoms with E-state index in [1.165, 1.54) is 21.5 Å². The smallest absolute Gasteiger partial charge is 0.0728 e. The first kappa shape index (κ1) is 21.3. The van der Waals surface area contributed by atoms with Crippen LogP contribution in [0.1, 0.15) is 11.3 Å². The van der Waals surface area contributed by atoms with Crippen LogP contribution in [-0.4, -0.2) is 15.0 Å². The molecule has 0 bridgehead atoms. The van der Waals surface area contributed by atoms with Crippen LogP contribution >= 0.6 is 0 Å². The molecule has 3 heterocycles. The summed E-state index contributed by atoms with van der Waals surface area (Å²) in [6, 6.07) is 37.9. The molecule has 37 heavy (non-hydrogen) atoms. The lowest BCUT2D eigenvalue weighted by molar-refractivity contribution is 1.26. The first-order valence-electron chi connectivity index (χ1n) is 12.4. The van der Waals surface area contributed by atoms with Gasteiger partial charge in [-0.05, 0) is 46.7 Å². The number of rotatable bonds is 3. The zero-order chi connectivity index (χ0) is 24.6. The van der Waals surface area contributed by atoms with Gasteiger partial charge in [-0.1, -0.05) is 91.0 Å². The van der Waals surface area contributed by atoms with Gasteiger partial charge in [-0.3, -0.25) is 9.97 Å². The van der Waals surface area contributed by atoms with E-state index < -0.39 is 0 Å². The Labute approximate surface area is 214 Å². The third-order valence-electron chi connectivity index (χ3n) is 6.89. The number of H-pyrrole nitrogens is 1. The summed E-state index contributed by atoms with van der Waals surface area (Å²) in [5.41, 5.74) is 4.15. The normalized spacial score (nSPS) is 12.6. The van der Waals surface area contributed by atoms with Gasteiger partial charge >= 0.3 is 0 Å². The molecule has 0 aliphatic heterocycles. The van der Waals surface area contributed by atoms with Gasteiger partial charge in [0.1, 0.15) is 0 Å². The van der Waals surface area contributed by atoms with Crippen molar-refractivity contribution in [3.05, 3.63) is 144 Å². The van der Waals surface area contributed by atoms with E-state index in [0.717, 1.165) is 44.0 Å². The predicted molar refractivity (Wildman–Crippen MR) is 154 cm³/mol. The molecule has 4 aromatic carbocycles. The maximum Gasteiger partial charge on any atom is 0.0728 e. The molecule has 0 spiro atoms. The number of aromatic nitrogens is 3. The van der Waals surface area contributed by atoms with E-state index in [1.54, 1.807) is 0 Å². The highest BCUT2D eigenvalue weighted by Crippen LogP contribution is 2.23. The quantitative estimate of drug-likeness (QED) is 0.315. The molecule has 3 aromatic heterocycles. The van der Waals surface area contributed by atoms with Gasteiger partial charge in [-0.25, -0.2) is 0 Å². The molecule has 174 valence electrons. The van der Waals surface area contributed by atoms with Crippen molar-refractivity contribution >= 4 is 44.5 Å². The number of nitrogens with zero attached hydrogens (tertiary/aromatic N) is 2. The molecule has 0 radical (unpaired) electrons. The second kappa shape index (κ2) is 8.89. The van der Waals surface area contributed by atoms with E-state index in [1.807, 2.05) is 18.5 Å². The third kappa shape index (κ3) is 3.97. The first-order valence-corrected chi connectivity index (χ1v) is 12.4. The van der Waals surface area contributed by atoms with Gasteiger partial charge in [0, 0.05) is 50.2 Å². The maximum atomic E-state index is 4.72. The van der Waals surface area contributed by atoms with Gasteiger partial charge in [0.25, 0.3) is 0 Å². The van der Waals surface area contributed by atoms with E-state index in [9.17, 15) is 0 Å². The topological polar surface area (TPSA) is 41.6 Å². The predicted octanol–water partition coefficient (Wildman–Crippen LogP) is 6.59. The van der Waals surface area contributed by atoms with Crippen LogP contribution < -0.4 is 10.7 Å². The number of pyridine rings is 2. The molecule has 3 nitrogen and oxygen atoms in total. The fourth-order valence-electron chi connectivity index (χ4n) is 5.05. The summed E-state index contributed by atoms with van der Waals surface area (Å²) < 4.78 is 0. The van der Waals surface area contributed by atoms with Crippen LogP contribution in [0.25, 0.3) is 55.7 Å². The SMILES string of the molecule is C(/c1cccc(-c2cc3ccccc3cn2)c1)=c1/[nH]/c(=C\c2nccc3ccccc23)c2ccccc12. The number of hydrogen-bond acceptors (Lipinski definition) is 2. The van der Waals surface area contributed by atoms with Crippen molar-refractivity contribution in [2.75, 3.05) is 0 Å². The van der Waals surface area contributed by atoms with Crippen molar-refractivity contribution in [3.8, 4) is 11.3 Å². The Morgan fingerprint density at radius 1 is 0.541 bits per heavy atom. The van der Waals surface area contributed by atoms with Crippen LogP contribution in [0.2, 0.25) is 0 Å². The second-order valence-electron chi connectivity index (χ2n) is 9.25. The van der Waals surface area contributed by atoms with Crippen molar-refractivity contribution in [2.45, 2.75) is 0 Å². The van der Waals surface area contributed by atoms with Crippen LogP contribution in [-0.2, 0) is 0 Å². The van der Waals surface area contributed by atoms with Gasteiger partial charge in [-0.2, -0.15) is 0 Å². The molecule has 0 aliphatic rings. The highest BCUT2D eigenvalue weighted by atomic mass is 14.7. The van der Waals surface area contributed by atoms with E-state index in [0.29, 0.717) is 0 Å². The largest absolute Gasteiger partial charge is 0.354 e. The summed E-state index contributed by atoms with van der Waals surface area (Å²) in [7, 11) is 0. The van der Waals surface area contributed by atoms with Crippen LogP contribution in [0.3, 0.4) is 0 Å². The molecule has 1 N–H and O–H groups in total. The van der Waals surface area contributed by atoms with Gasteiger partial charge in [-0.15, -0.1) is 0 Å². The summed E-state index contributed by atoms with van der Waals surface area (Å²) in [6.07, 6.45) is 8.18. The van der Waals surface area contributed by atoms with Crippen LogP contribution in [0, 0.1) is 0 Å². The summed E-state index contributed by atoms with van der Waals surface area (Å²) in [6.45, 7) is 0. The zero-order valence-corrected chi connectivity index (χ0v) is 20.1. The Hall–Kier alpha value is -5.02. The Morgan fingerprint density at radius 2 is 1.24 bits per heavy atom. The Kier molecular flexibility index (Phi) is 5.11. The average Bonchev–Trinajstić information content (AvgIpc) is 3.30. The summed E-state index contributed by atoms with van der Waals surface area (Å²) in [4.78, 5) is 13.1. The van der Waals surface area contributed by atoms with Gasteiger partial charge < -0.3 is 4.98 Å². The minimum Gasteiger partial charge on any atom is -0.354 e. The Morgan fingerprint density at radius 3 is 2.08 bits per heavy atom. The molecular formula is C34H23N3. The fourth-order valence-corrected chi connectivity index (χ4v) is 5.05. The molecule has 0 saturated carbocycles. The van der Waals surface area contributed by atoms with Crippen LogP contribution in [0.5, 0.6) is 0 Å². The standard InChI is InChI=1S/C34H23N3/c1-2-11-27-22-36-31(20-25(27)10-1)26-12-7-8-23(18-26)19-33-29-14-5-6-15-30(29)34(37-33)21-32-28-13-4-3-9-24(28)16-17-35-32/h1-22,37H/b33-19-,34-21-. The van der Waals surface area contributed by atoms with Crippen molar-refractivity contribution in [1.82, 2.24) is 15.0 Å². The molecular weight excluding hydrogens is 450 g/mol. The second-order valence-corrected chi connectivity index (χ2v) is 9.25. The molecule has 3 heteroatoms. The molecule has 0 saturated heterocycles. The monoisotopic (exact) mass is 473 g/mol. The highest BCUT2D eigenvalue weighted by Gasteiger charge is 2.05. The van der Waals surface area contributed by atoms with E-state index in [-0.39, 0.29) is 0 Å². The van der Waals surface area contributed by atoms with Gasteiger partial charge in [0.15, 0.2) is 0 Å². The number of nitrogens with one attached hydrogen (secondary N) is 1. The minimum atomic E-state index is 0.959. The number of aromatic amines is 1. The third-order valence-corrected chi connectivity index (χ3v) is 6.89. The molecule has 0 fully saturated rings. The lowest BCUT2D eigenvalue weighted by atomic mass is 10.0. The molecule has 7 aromatic rings. The van der Waals surface area contributed by atoms with Crippen molar-refractivity contribution < 1.29 is 0 Å². The minimum absolute atomic E-state index is 0.959. The average molecular weight is 474 g/mol. The molecule has 0 unspecified atom stereocenters.